The summed E-state index contributed by atoms with van der Waals surface area (Å²) in [5.41, 5.74) is 1.18. The van der Waals surface area contributed by atoms with E-state index in [9.17, 15) is 19.5 Å². The number of hydrogen-bond donors (Lipinski definition) is 1. The monoisotopic (exact) mass is 355 g/mol. The molecule has 2 atom stereocenters. The number of piperidine rings is 1. The lowest BCUT2D eigenvalue weighted by atomic mass is 9.83. The van der Waals surface area contributed by atoms with Crippen LogP contribution in [-0.4, -0.2) is 38.1 Å². The van der Waals surface area contributed by atoms with Crippen molar-refractivity contribution in [3.8, 4) is 5.75 Å². The SMILES string of the molecule is Cc1cc(O)cc(=O)n1CC(=O)N1C[C@@H]2C[C@H](C1)c1cccc(=O)n1C2. The lowest BCUT2D eigenvalue weighted by Crippen LogP contribution is -2.50. The average molecular weight is 355 g/mol. The molecule has 1 amide bonds. The number of amides is 1. The first-order valence-electron chi connectivity index (χ1n) is 8.80. The average Bonchev–Trinajstić information content (AvgIpc) is 2.58. The summed E-state index contributed by atoms with van der Waals surface area (Å²) in [5.74, 6) is 0.203. The first-order chi connectivity index (χ1) is 12.4. The van der Waals surface area contributed by atoms with Crippen molar-refractivity contribution in [2.24, 2.45) is 5.92 Å². The summed E-state index contributed by atoms with van der Waals surface area (Å²) < 4.78 is 3.21. The fraction of sp³-hybridized carbons (Fsp3) is 0.421. The molecule has 0 aliphatic carbocycles. The second kappa shape index (κ2) is 6.16. The third-order valence-electron chi connectivity index (χ3n) is 5.45. The highest BCUT2D eigenvalue weighted by molar-refractivity contribution is 5.76. The molecular weight excluding hydrogens is 334 g/mol. The Kier molecular flexibility index (Phi) is 3.94. The van der Waals surface area contributed by atoms with Gasteiger partial charge in [0, 0.05) is 49.1 Å². The van der Waals surface area contributed by atoms with Crippen molar-refractivity contribution in [2.45, 2.75) is 32.4 Å². The number of fused-ring (bicyclic) bond motifs is 4. The van der Waals surface area contributed by atoms with E-state index in [0.717, 1.165) is 18.2 Å². The molecule has 7 heteroatoms. The Morgan fingerprint density at radius 3 is 2.73 bits per heavy atom. The molecule has 0 spiro atoms. The van der Waals surface area contributed by atoms with Gasteiger partial charge in [-0.05, 0) is 31.4 Å². The highest BCUT2D eigenvalue weighted by Gasteiger charge is 2.36. The van der Waals surface area contributed by atoms with Crippen molar-refractivity contribution < 1.29 is 9.90 Å². The quantitative estimate of drug-likeness (QED) is 0.858. The van der Waals surface area contributed by atoms with Gasteiger partial charge in [-0.2, -0.15) is 0 Å². The molecule has 0 unspecified atom stereocenters. The molecule has 0 saturated carbocycles. The highest BCUT2D eigenvalue weighted by atomic mass is 16.3. The number of hydrogen-bond acceptors (Lipinski definition) is 4. The van der Waals surface area contributed by atoms with E-state index in [2.05, 4.69) is 0 Å². The van der Waals surface area contributed by atoms with Crippen molar-refractivity contribution in [3.63, 3.8) is 0 Å². The zero-order valence-electron chi connectivity index (χ0n) is 14.6. The Balaban J connectivity index is 1.57. The molecule has 1 fully saturated rings. The van der Waals surface area contributed by atoms with E-state index < -0.39 is 0 Å². The molecule has 2 aromatic heterocycles. The molecule has 2 bridgehead atoms. The molecule has 4 heterocycles. The van der Waals surface area contributed by atoms with Crippen LogP contribution in [0.3, 0.4) is 0 Å². The van der Waals surface area contributed by atoms with E-state index in [-0.39, 0.29) is 41.2 Å². The Labute approximate surface area is 150 Å². The zero-order chi connectivity index (χ0) is 18.4. The Hall–Kier alpha value is -2.83. The van der Waals surface area contributed by atoms with E-state index in [1.165, 1.54) is 10.6 Å². The van der Waals surface area contributed by atoms with E-state index in [0.29, 0.717) is 25.3 Å². The van der Waals surface area contributed by atoms with Crippen LogP contribution < -0.4 is 11.1 Å². The number of aryl methyl sites for hydroxylation is 1. The Bertz CT molecular complexity index is 991. The summed E-state index contributed by atoms with van der Waals surface area (Å²) in [4.78, 5) is 38.8. The van der Waals surface area contributed by atoms with Gasteiger partial charge in [0.1, 0.15) is 12.3 Å². The number of carbonyl (C=O) groups excluding carboxylic acids is 1. The molecular formula is C19H21N3O4. The second-order valence-corrected chi connectivity index (χ2v) is 7.28. The van der Waals surface area contributed by atoms with Gasteiger partial charge in [0.25, 0.3) is 11.1 Å². The molecule has 4 rings (SSSR count). The van der Waals surface area contributed by atoms with Crippen LogP contribution in [0.4, 0.5) is 0 Å². The fourth-order valence-corrected chi connectivity index (χ4v) is 4.25. The molecule has 0 aromatic carbocycles. The maximum absolute atomic E-state index is 12.8. The van der Waals surface area contributed by atoms with Crippen LogP contribution in [-0.2, 0) is 17.9 Å². The van der Waals surface area contributed by atoms with E-state index in [1.807, 2.05) is 10.6 Å². The van der Waals surface area contributed by atoms with Gasteiger partial charge in [0.05, 0.1) is 0 Å². The number of nitrogens with zero attached hydrogens (tertiary/aromatic N) is 3. The van der Waals surface area contributed by atoms with Gasteiger partial charge in [0.2, 0.25) is 5.91 Å². The molecule has 0 radical (unpaired) electrons. The zero-order valence-corrected chi connectivity index (χ0v) is 14.6. The number of likely N-dealkylation sites (tertiary alicyclic amines) is 1. The van der Waals surface area contributed by atoms with Gasteiger partial charge >= 0.3 is 0 Å². The van der Waals surface area contributed by atoms with Crippen LogP contribution in [0, 0.1) is 12.8 Å². The van der Waals surface area contributed by atoms with Crippen molar-refractivity contribution in [3.05, 3.63) is 62.4 Å². The van der Waals surface area contributed by atoms with Crippen LogP contribution in [0.1, 0.15) is 23.7 Å². The minimum Gasteiger partial charge on any atom is -0.508 e. The lowest BCUT2D eigenvalue weighted by molar-refractivity contribution is -0.134. The first kappa shape index (κ1) is 16.6. The van der Waals surface area contributed by atoms with E-state index in [4.69, 9.17) is 0 Å². The smallest absolute Gasteiger partial charge is 0.254 e. The summed E-state index contributed by atoms with van der Waals surface area (Å²) in [7, 11) is 0. The largest absolute Gasteiger partial charge is 0.508 e. The molecule has 2 aliphatic heterocycles. The maximum Gasteiger partial charge on any atom is 0.254 e. The molecule has 2 aliphatic rings. The van der Waals surface area contributed by atoms with Crippen LogP contribution >= 0.6 is 0 Å². The third kappa shape index (κ3) is 2.83. The summed E-state index contributed by atoms with van der Waals surface area (Å²) in [5, 5.41) is 9.49. The normalized spacial score (nSPS) is 21.3. The van der Waals surface area contributed by atoms with E-state index in [1.54, 1.807) is 24.0 Å². The topological polar surface area (TPSA) is 84.5 Å². The van der Waals surface area contributed by atoms with Crippen LogP contribution in [0.25, 0.3) is 0 Å². The van der Waals surface area contributed by atoms with E-state index >= 15 is 0 Å². The third-order valence-corrected chi connectivity index (χ3v) is 5.45. The fourth-order valence-electron chi connectivity index (χ4n) is 4.25. The van der Waals surface area contributed by atoms with Crippen molar-refractivity contribution in [2.75, 3.05) is 13.1 Å². The predicted octanol–water partition coefficient (Wildman–Crippen LogP) is 0.670. The van der Waals surface area contributed by atoms with Gasteiger partial charge in [-0.3, -0.25) is 14.4 Å². The summed E-state index contributed by atoms with van der Waals surface area (Å²) in [6.07, 6.45) is 0.978. The number of aromatic nitrogens is 2. The Morgan fingerprint density at radius 1 is 1.15 bits per heavy atom. The summed E-state index contributed by atoms with van der Waals surface area (Å²) in [6, 6.07) is 7.91. The number of aromatic hydroxyl groups is 1. The predicted molar refractivity (Wildman–Crippen MR) is 95.2 cm³/mol. The van der Waals surface area contributed by atoms with Crippen LogP contribution in [0.15, 0.2) is 39.9 Å². The molecule has 26 heavy (non-hydrogen) atoms. The summed E-state index contributed by atoms with van der Waals surface area (Å²) in [6.45, 7) is 3.45. The van der Waals surface area contributed by atoms with Crippen LogP contribution in [0.5, 0.6) is 5.75 Å². The molecule has 1 N–H and O–H groups in total. The van der Waals surface area contributed by atoms with Gasteiger partial charge in [0.15, 0.2) is 0 Å². The number of pyridine rings is 2. The highest BCUT2D eigenvalue weighted by Crippen LogP contribution is 2.34. The molecule has 7 nitrogen and oxygen atoms in total. The molecule has 136 valence electrons. The summed E-state index contributed by atoms with van der Waals surface area (Å²) >= 11 is 0. The second-order valence-electron chi connectivity index (χ2n) is 7.28. The van der Waals surface area contributed by atoms with Crippen LogP contribution in [0.2, 0.25) is 0 Å². The van der Waals surface area contributed by atoms with Gasteiger partial charge in [-0.25, -0.2) is 0 Å². The molecule has 1 saturated heterocycles. The van der Waals surface area contributed by atoms with Gasteiger partial charge in [-0.15, -0.1) is 0 Å². The van der Waals surface area contributed by atoms with Crippen molar-refractivity contribution >= 4 is 5.91 Å². The lowest BCUT2D eigenvalue weighted by Gasteiger charge is -2.42. The standard InChI is InChI=1S/C19H21N3O4/c1-12-5-15(23)7-18(25)21(12)11-19(26)20-8-13-6-14(10-20)16-3-2-4-17(24)22(16)9-13/h2-5,7,13-14,23H,6,8-11H2,1H3/t13-,14+/m0/s1. The molecule has 2 aromatic rings. The van der Waals surface area contributed by atoms with Gasteiger partial charge < -0.3 is 19.1 Å². The minimum atomic E-state index is -0.384. The minimum absolute atomic E-state index is 0.0169. The first-order valence-corrected chi connectivity index (χ1v) is 8.80. The van der Waals surface area contributed by atoms with Crippen molar-refractivity contribution in [1.29, 1.82) is 0 Å². The Morgan fingerprint density at radius 2 is 1.96 bits per heavy atom. The number of rotatable bonds is 2. The van der Waals surface area contributed by atoms with Crippen molar-refractivity contribution in [1.82, 2.24) is 14.0 Å². The number of carbonyl (C=O) groups is 1. The maximum atomic E-state index is 12.8. The van der Waals surface area contributed by atoms with Gasteiger partial charge in [-0.1, -0.05) is 6.07 Å².